The van der Waals surface area contributed by atoms with E-state index in [2.05, 4.69) is 30.1 Å². The van der Waals surface area contributed by atoms with E-state index in [0.717, 1.165) is 57.8 Å². The first-order chi connectivity index (χ1) is 12.6. The molecular formula is C17H34N6O3S. The highest BCUT2D eigenvalue weighted by molar-refractivity contribution is 7.88. The van der Waals surface area contributed by atoms with Crippen molar-refractivity contribution in [1.29, 1.82) is 0 Å². The predicted octanol–water partition coefficient (Wildman–Crippen LogP) is -0.824. The van der Waals surface area contributed by atoms with Crippen molar-refractivity contribution in [2.24, 2.45) is 4.99 Å². The molecule has 1 heterocycles. The zero-order chi connectivity index (χ0) is 20.1. The van der Waals surface area contributed by atoms with Crippen LogP contribution in [-0.4, -0.2) is 93.7 Å². The largest absolute Gasteiger partial charge is 0.357 e. The van der Waals surface area contributed by atoms with Crippen molar-refractivity contribution in [3.8, 4) is 0 Å². The molecule has 1 saturated carbocycles. The van der Waals surface area contributed by atoms with Crippen LogP contribution in [0, 0.1) is 0 Å². The fraction of sp³-hybridized carbons (Fsp3) is 0.882. The summed E-state index contributed by atoms with van der Waals surface area (Å²) >= 11 is 0. The lowest BCUT2D eigenvalue weighted by molar-refractivity contribution is -0.122. The maximum atomic E-state index is 11.9. The highest BCUT2D eigenvalue weighted by atomic mass is 32.2. The Morgan fingerprint density at radius 3 is 2.33 bits per heavy atom. The lowest BCUT2D eigenvalue weighted by atomic mass is 10.1. The van der Waals surface area contributed by atoms with Gasteiger partial charge in [-0.2, -0.15) is 0 Å². The zero-order valence-corrected chi connectivity index (χ0v) is 17.7. The lowest BCUT2D eigenvalue weighted by Gasteiger charge is -2.36. The number of nitrogens with zero attached hydrogens (tertiary/aromatic N) is 3. The highest BCUT2D eigenvalue weighted by Crippen LogP contribution is 2.18. The molecule has 10 heteroatoms. The number of guanidine groups is 1. The van der Waals surface area contributed by atoms with Crippen molar-refractivity contribution >= 4 is 21.9 Å². The lowest BCUT2D eigenvalue weighted by Crippen LogP contribution is -2.54. The van der Waals surface area contributed by atoms with Gasteiger partial charge in [-0.1, -0.05) is 0 Å². The summed E-state index contributed by atoms with van der Waals surface area (Å²) in [6, 6.07) is 0.398. The summed E-state index contributed by atoms with van der Waals surface area (Å²) in [6.45, 7) is 10.3. The average Bonchev–Trinajstić information content (AvgIpc) is 3.34. The third-order valence-electron chi connectivity index (χ3n) is 4.40. The van der Waals surface area contributed by atoms with Crippen LogP contribution in [0.2, 0.25) is 0 Å². The van der Waals surface area contributed by atoms with Crippen molar-refractivity contribution < 1.29 is 13.2 Å². The highest BCUT2D eigenvalue weighted by Gasteiger charge is 2.26. The number of carbonyl (C=O) groups is 1. The van der Waals surface area contributed by atoms with Gasteiger partial charge >= 0.3 is 0 Å². The normalized spacial score (nSPS) is 19.9. The van der Waals surface area contributed by atoms with Crippen molar-refractivity contribution in [3.05, 3.63) is 0 Å². The molecule has 2 aliphatic rings. The molecule has 0 spiro atoms. The second-order valence-corrected chi connectivity index (χ2v) is 9.78. The van der Waals surface area contributed by atoms with Crippen molar-refractivity contribution in [2.45, 2.75) is 45.2 Å². The average molecular weight is 403 g/mol. The van der Waals surface area contributed by atoms with Crippen LogP contribution in [-0.2, 0) is 14.8 Å². The summed E-state index contributed by atoms with van der Waals surface area (Å²) in [5, 5.41) is 6.30. The van der Waals surface area contributed by atoms with Gasteiger partial charge in [0, 0.05) is 44.3 Å². The maximum Gasteiger partial charge on any atom is 0.234 e. The van der Waals surface area contributed by atoms with E-state index in [-0.39, 0.29) is 5.91 Å². The molecule has 2 fully saturated rings. The van der Waals surface area contributed by atoms with Gasteiger partial charge in [-0.3, -0.25) is 14.7 Å². The van der Waals surface area contributed by atoms with Gasteiger partial charge in [0.1, 0.15) is 0 Å². The first kappa shape index (κ1) is 21.9. The number of piperazine rings is 1. The van der Waals surface area contributed by atoms with E-state index < -0.39 is 15.6 Å². The van der Waals surface area contributed by atoms with Gasteiger partial charge in [0.05, 0.1) is 19.3 Å². The smallest absolute Gasteiger partial charge is 0.234 e. The minimum atomic E-state index is -3.29. The maximum absolute atomic E-state index is 11.9. The van der Waals surface area contributed by atoms with Gasteiger partial charge in [-0.25, -0.2) is 13.1 Å². The quantitative estimate of drug-likeness (QED) is 0.362. The summed E-state index contributed by atoms with van der Waals surface area (Å²) in [5.41, 5.74) is -0.656. The van der Waals surface area contributed by atoms with Crippen molar-refractivity contribution in [3.63, 3.8) is 0 Å². The molecule has 27 heavy (non-hydrogen) atoms. The fourth-order valence-corrected chi connectivity index (χ4v) is 4.12. The molecule has 9 nitrogen and oxygen atoms in total. The molecule has 156 valence electrons. The number of nitrogens with one attached hydrogen (secondary N) is 3. The Hall–Kier alpha value is -1.39. The number of aliphatic imine (C=N–C) groups is 1. The molecule has 1 aliphatic carbocycles. The van der Waals surface area contributed by atoms with E-state index in [9.17, 15) is 13.2 Å². The Balaban J connectivity index is 1.86. The van der Waals surface area contributed by atoms with Crippen LogP contribution in [0.3, 0.4) is 0 Å². The summed E-state index contributed by atoms with van der Waals surface area (Å²) in [6.07, 6.45) is 3.36. The van der Waals surface area contributed by atoms with E-state index in [4.69, 9.17) is 0 Å². The Bertz CT molecular complexity index is 637. The van der Waals surface area contributed by atoms with E-state index in [0.29, 0.717) is 19.1 Å². The van der Waals surface area contributed by atoms with Gasteiger partial charge in [-0.05, 0) is 33.6 Å². The molecule has 0 bridgehead atoms. The number of hydrogen-bond acceptors (Lipinski definition) is 5. The second-order valence-electron chi connectivity index (χ2n) is 8.03. The molecule has 0 atom stereocenters. The molecule has 1 aliphatic heterocycles. The SMILES string of the molecule is CCNC(=NCC(C)(C)NS(C)(=O)=O)N1CCN(CC(=O)NC2CC2)CC1. The van der Waals surface area contributed by atoms with Gasteiger partial charge in [-0.15, -0.1) is 0 Å². The molecule has 1 saturated heterocycles. The molecule has 1 amide bonds. The van der Waals surface area contributed by atoms with Crippen LogP contribution in [0.1, 0.15) is 33.6 Å². The fourth-order valence-electron chi connectivity index (χ4n) is 3.05. The third-order valence-corrected chi connectivity index (χ3v) is 5.33. The number of amides is 1. The molecule has 0 aromatic carbocycles. The van der Waals surface area contributed by atoms with Crippen LogP contribution >= 0.6 is 0 Å². The topological polar surface area (TPSA) is 106 Å². The van der Waals surface area contributed by atoms with Crippen LogP contribution in [0.25, 0.3) is 0 Å². The van der Waals surface area contributed by atoms with Crippen LogP contribution in [0.4, 0.5) is 0 Å². The minimum absolute atomic E-state index is 0.111. The number of carbonyl (C=O) groups excluding carboxylic acids is 1. The Morgan fingerprint density at radius 2 is 1.81 bits per heavy atom. The Labute approximate surface area is 163 Å². The Kier molecular flexibility index (Phi) is 7.47. The first-order valence-corrected chi connectivity index (χ1v) is 11.5. The molecule has 2 rings (SSSR count). The summed E-state index contributed by atoms with van der Waals surface area (Å²) in [4.78, 5) is 20.9. The summed E-state index contributed by atoms with van der Waals surface area (Å²) in [7, 11) is -3.29. The van der Waals surface area contributed by atoms with Gasteiger partial charge in [0.15, 0.2) is 5.96 Å². The number of rotatable bonds is 8. The predicted molar refractivity (Wildman–Crippen MR) is 107 cm³/mol. The van der Waals surface area contributed by atoms with Crippen LogP contribution in [0.15, 0.2) is 4.99 Å². The molecule has 0 unspecified atom stereocenters. The monoisotopic (exact) mass is 402 g/mol. The van der Waals surface area contributed by atoms with Crippen molar-refractivity contribution in [1.82, 2.24) is 25.2 Å². The van der Waals surface area contributed by atoms with E-state index in [1.807, 2.05) is 20.8 Å². The van der Waals surface area contributed by atoms with E-state index in [1.165, 1.54) is 0 Å². The summed E-state index contributed by atoms with van der Waals surface area (Å²) < 4.78 is 25.6. The van der Waals surface area contributed by atoms with E-state index in [1.54, 1.807) is 0 Å². The van der Waals surface area contributed by atoms with E-state index >= 15 is 0 Å². The van der Waals surface area contributed by atoms with Gasteiger partial charge in [0.25, 0.3) is 0 Å². The third kappa shape index (κ3) is 8.44. The molecular weight excluding hydrogens is 368 g/mol. The second kappa shape index (κ2) is 9.20. The molecule has 3 N–H and O–H groups in total. The summed E-state index contributed by atoms with van der Waals surface area (Å²) in [5.74, 6) is 0.892. The van der Waals surface area contributed by atoms with Crippen LogP contribution < -0.4 is 15.4 Å². The zero-order valence-electron chi connectivity index (χ0n) is 16.9. The molecule has 0 aromatic rings. The number of hydrogen-bond donors (Lipinski definition) is 3. The van der Waals surface area contributed by atoms with Crippen molar-refractivity contribution in [2.75, 3.05) is 52.1 Å². The van der Waals surface area contributed by atoms with Gasteiger partial charge < -0.3 is 15.5 Å². The first-order valence-electron chi connectivity index (χ1n) is 9.62. The van der Waals surface area contributed by atoms with Crippen LogP contribution in [0.5, 0.6) is 0 Å². The molecule has 0 radical (unpaired) electrons. The standard InChI is InChI=1S/C17H34N6O3S/c1-5-18-16(19-13-17(2,3)21-27(4,25)26)23-10-8-22(9-11-23)12-15(24)20-14-6-7-14/h14,21H,5-13H2,1-4H3,(H,18,19)(H,20,24). The minimum Gasteiger partial charge on any atom is -0.357 e. The Morgan fingerprint density at radius 1 is 1.19 bits per heavy atom. The van der Waals surface area contributed by atoms with Gasteiger partial charge in [0.2, 0.25) is 15.9 Å². The number of sulfonamides is 1. The molecule has 0 aromatic heterocycles.